The predicted molar refractivity (Wildman–Crippen MR) is 56.1 cm³/mol. The summed E-state index contributed by atoms with van der Waals surface area (Å²) in [6, 6.07) is 6.80. The highest BCUT2D eigenvalue weighted by atomic mass is 35.5. The third kappa shape index (κ3) is 1.36. The molecule has 1 N–H and O–H groups in total. The van der Waals surface area contributed by atoms with Crippen molar-refractivity contribution in [3.05, 3.63) is 39.6 Å². The molecule has 0 atom stereocenters. The van der Waals surface area contributed by atoms with Crippen LogP contribution in [0.3, 0.4) is 0 Å². The first-order valence-electron chi connectivity index (χ1n) is 4.08. The Hall–Kier alpha value is -1.48. The number of aromatic nitrogens is 1. The third-order valence-electron chi connectivity index (χ3n) is 2.02. The Morgan fingerprint density at radius 3 is 2.71 bits per heavy atom. The van der Waals surface area contributed by atoms with E-state index in [9.17, 15) is 4.79 Å². The molecule has 2 rings (SSSR count). The van der Waals surface area contributed by atoms with Crippen molar-refractivity contribution in [2.45, 2.75) is 0 Å². The number of benzene rings is 1. The summed E-state index contributed by atoms with van der Waals surface area (Å²) >= 11 is 6.02. The van der Waals surface area contributed by atoms with Crippen LogP contribution in [0.2, 0.25) is 5.02 Å². The van der Waals surface area contributed by atoms with Gasteiger partial charge in [-0.1, -0.05) is 11.6 Å². The van der Waals surface area contributed by atoms with Crippen LogP contribution < -0.4 is 10.3 Å². The van der Waals surface area contributed by atoms with E-state index in [4.69, 9.17) is 16.3 Å². The van der Waals surface area contributed by atoms with Crippen molar-refractivity contribution in [3.63, 3.8) is 0 Å². The zero-order valence-electron chi connectivity index (χ0n) is 7.50. The average molecular weight is 210 g/mol. The minimum Gasteiger partial charge on any atom is -0.495 e. The molecule has 0 fully saturated rings. The summed E-state index contributed by atoms with van der Waals surface area (Å²) in [5.74, 6) is 0.556. The van der Waals surface area contributed by atoms with Gasteiger partial charge in [0.1, 0.15) is 10.8 Å². The topological polar surface area (TPSA) is 42.1 Å². The Labute approximate surface area is 85.3 Å². The lowest BCUT2D eigenvalue weighted by atomic mass is 10.2. The van der Waals surface area contributed by atoms with Crippen LogP contribution in [-0.2, 0) is 0 Å². The SMILES string of the molecule is COc1ccc2ccc(=O)[nH]c2c1Cl. The zero-order valence-corrected chi connectivity index (χ0v) is 8.26. The number of nitrogens with one attached hydrogen (secondary N) is 1. The smallest absolute Gasteiger partial charge is 0.248 e. The maximum atomic E-state index is 11.1. The van der Waals surface area contributed by atoms with Crippen LogP contribution in [0.5, 0.6) is 5.75 Å². The first-order chi connectivity index (χ1) is 6.72. The van der Waals surface area contributed by atoms with Gasteiger partial charge in [0.05, 0.1) is 12.6 Å². The van der Waals surface area contributed by atoms with Crippen LogP contribution in [0.15, 0.2) is 29.1 Å². The standard InChI is InChI=1S/C10H8ClNO2/c1-14-7-4-2-6-3-5-8(13)12-10(6)9(7)11/h2-5H,1H3,(H,12,13). The number of ether oxygens (including phenoxy) is 1. The molecule has 0 saturated carbocycles. The number of halogens is 1. The van der Waals surface area contributed by atoms with Crippen LogP contribution in [0.1, 0.15) is 0 Å². The van der Waals surface area contributed by atoms with Crippen molar-refractivity contribution in [3.8, 4) is 5.75 Å². The predicted octanol–water partition coefficient (Wildman–Crippen LogP) is 2.19. The Bertz CT molecular complexity index is 533. The lowest BCUT2D eigenvalue weighted by Crippen LogP contribution is -2.02. The van der Waals surface area contributed by atoms with Gasteiger partial charge in [-0.05, 0) is 18.2 Å². The summed E-state index contributed by atoms with van der Waals surface area (Å²) in [6.07, 6.45) is 0. The molecule has 0 bridgehead atoms. The van der Waals surface area contributed by atoms with Gasteiger partial charge in [-0.25, -0.2) is 0 Å². The molecule has 1 aromatic carbocycles. The third-order valence-corrected chi connectivity index (χ3v) is 2.40. The molecule has 0 saturated heterocycles. The molecular formula is C10H8ClNO2. The highest BCUT2D eigenvalue weighted by Gasteiger charge is 2.05. The Morgan fingerprint density at radius 1 is 1.29 bits per heavy atom. The summed E-state index contributed by atoms with van der Waals surface area (Å²) in [5.41, 5.74) is 0.436. The van der Waals surface area contributed by atoms with Crippen molar-refractivity contribution in [1.82, 2.24) is 4.98 Å². The molecule has 0 radical (unpaired) electrons. The van der Waals surface area contributed by atoms with Gasteiger partial charge in [-0.2, -0.15) is 0 Å². The number of rotatable bonds is 1. The second-order valence-electron chi connectivity index (χ2n) is 2.87. The highest BCUT2D eigenvalue weighted by molar-refractivity contribution is 6.36. The number of aromatic amines is 1. The minimum atomic E-state index is -0.173. The van der Waals surface area contributed by atoms with Crippen molar-refractivity contribution >= 4 is 22.5 Å². The van der Waals surface area contributed by atoms with Gasteiger partial charge in [0.2, 0.25) is 5.56 Å². The largest absolute Gasteiger partial charge is 0.495 e. The molecule has 0 spiro atoms. The number of hydrogen-bond donors (Lipinski definition) is 1. The average Bonchev–Trinajstić information content (AvgIpc) is 2.20. The first-order valence-corrected chi connectivity index (χ1v) is 4.45. The molecule has 2 aromatic rings. The maximum absolute atomic E-state index is 11.1. The highest BCUT2D eigenvalue weighted by Crippen LogP contribution is 2.30. The van der Waals surface area contributed by atoms with Crippen LogP contribution >= 0.6 is 11.6 Å². The van der Waals surface area contributed by atoms with Crippen LogP contribution in [0.25, 0.3) is 10.9 Å². The van der Waals surface area contributed by atoms with Gasteiger partial charge < -0.3 is 9.72 Å². The van der Waals surface area contributed by atoms with Gasteiger partial charge in [0.15, 0.2) is 0 Å². The Morgan fingerprint density at radius 2 is 2.00 bits per heavy atom. The second kappa shape index (κ2) is 3.35. The zero-order chi connectivity index (χ0) is 10.1. The normalized spacial score (nSPS) is 10.4. The fourth-order valence-electron chi connectivity index (χ4n) is 1.33. The van der Waals surface area contributed by atoms with E-state index in [-0.39, 0.29) is 5.56 Å². The molecular weight excluding hydrogens is 202 g/mol. The fourth-order valence-corrected chi connectivity index (χ4v) is 1.62. The molecule has 72 valence electrons. The summed E-state index contributed by atoms with van der Waals surface area (Å²) in [4.78, 5) is 13.7. The van der Waals surface area contributed by atoms with Crippen molar-refractivity contribution in [2.24, 2.45) is 0 Å². The maximum Gasteiger partial charge on any atom is 0.248 e. The van der Waals surface area contributed by atoms with E-state index in [1.54, 1.807) is 12.1 Å². The summed E-state index contributed by atoms with van der Waals surface area (Å²) in [6.45, 7) is 0. The molecule has 1 heterocycles. The molecule has 0 aliphatic carbocycles. The lowest BCUT2D eigenvalue weighted by Gasteiger charge is -2.05. The fraction of sp³-hybridized carbons (Fsp3) is 0.100. The van der Waals surface area contributed by atoms with E-state index < -0.39 is 0 Å². The van der Waals surface area contributed by atoms with Crippen LogP contribution in [-0.4, -0.2) is 12.1 Å². The molecule has 0 unspecified atom stereocenters. The van der Waals surface area contributed by atoms with E-state index in [0.29, 0.717) is 16.3 Å². The summed E-state index contributed by atoms with van der Waals surface area (Å²) < 4.78 is 5.04. The number of hydrogen-bond acceptors (Lipinski definition) is 2. The number of methoxy groups -OCH3 is 1. The van der Waals surface area contributed by atoms with Crippen LogP contribution in [0.4, 0.5) is 0 Å². The molecule has 0 amide bonds. The number of pyridine rings is 1. The molecule has 4 heteroatoms. The van der Waals surface area contributed by atoms with Gasteiger partial charge in [0.25, 0.3) is 0 Å². The van der Waals surface area contributed by atoms with Crippen molar-refractivity contribution < 1.29 is 4.74 Å². The second-order valence-corrected chi connectivity index (χ2v) is 3.25. The quantitative estimate of drug-likeness (QED) is 0.782. The van der Waals surface area contributed by atoms with E-state index in [0.717, 1.165) is 5.39 Å². The monoisotopic (exact) mass is 209 g/mol. The molecule has 3 nitrogen and oxygen atoms in total. The minimum absolute atomic E-state index is 0.173. The van der Waals surface area contributed by atoms with Gasteiger partial charge in [-0.3, -0.25) is 4.79 Å². The van der Waals surface area contributed by atoms with Crippen LogP contribution in [0, 0.1) is 0 Å². The molecule has 0 aliphatic heterocycles. The van der Waals surface area contributed by atoms with Crippen molar-refractivity contribution in [2.75, 3.05) is 7.11 Å². The number of H-pyrrole nitrogens is 1. The molecule has 0 aliphatic rings. The first kappa shape index (κ1) is 9.09. The van der Waals surface area contributed by atoms with Gasteiger partial charge >= 0.3 is 0 Å². The van der Waals surface area contributed by atoms with Gasteiger partial charge in [0, 0.05) is 11.5 Å². The molecule has 14 heavy (non-hydrogen) atoms. The van der Waals surface area contributed by atoms with Crippen molar-refractivity contribution in [1.29, 1.82) is 0 Å². The van der Waals surface area contributed by atoms with E-state index in [1.165, 1.54) is 13.2 Å². The van der Waals surface area contributed by atoms with E-state index >= 15 is 0 Å². The molecule has 1 aromatic heterocycles. The summed E-state index contributed by atoms with van der Waals surface area (Å²) in [7, 11) is 1.54. The van der Waals surface area contributed by atoms with Gasteiger partial charge in [-0.15, -0.1) is 0 Å². The van der Waals surface area contributed by atoms with E-state index in [2.05, 4.69) is 4.98 Å². The summed E-state index contributed by atoms with van der Waals surface area (Å²) in [5, 5.41) is 1.32. The Kier molecular flexibility index (Phi) is 2.17. The van der Waals surface area contributed by atoms with E-state index in [1.807, 2.05) is 6.07 Å². The lowest BCUT2D eigenvalue weighted by molar-refractivity contribution is 0.415. The number of fused-ring (bicyclic) bond motifs is 1. The Balaban J connectivity index is 2.86.